The summed E-state index contributed by atoms with van der Waals surface area (Å²) in [4.78, 5) is 36.8. The van der Waals surface area contributed by atoms with Crippen molar-refractivity contribution in [2.24, 2.45) is 23.5 Å². The first-order valence-electron chi connectivity index (χ1n) is 9.43. The largest absolute Gasteiger partial charge is 0.354 e. The Morgan fingerprint density at radius 1 is 1.22 bits per heavy atom. The number of rotatable bonds is 9. The van der Waals surface area contributed by atoms with Gasteiger partial charge < -0.3 is 21.7 Å². The molecule has 0 bridgehead atoms. The zero-order chi connectivity index (χ0) is 20.1. The summed E-state index contributed by atoms with van der Waals surface area (Å²) in [6, 6.07) is -1.33. The van der Waals surface area contributed by atoms with Gasteiger partial charge in [-0.2, -0.15) is 0 Å². The maximum Gasteiger partial charge on any atom is 0.312 e. The van der Waals surface area contributed by atoms with Gasteiger partial charge in [-0.3, -0.25) is 9.59 Å². The van der Waals surface area contributed by atoms with Gasteiger partial charge in [0.2, 0.25) is 5.91 Å². The number of aryl methyl sites for hydroxylation is 1. The lowest BCUT2D eigenvalue weighted by atomic mass is 10.0. The summed E-state index contributed by atoms with van der Waals surface area (Å²) in [5.74, 6) is 0.441. The summed E-state index contributed by atoms with van der Waals surface area (Å²) in [5.41, 5.74) is 7.03. The van der Waals surface area contributed by atoms with E-state index in [2.05, 4.69) is 22.9 Å². The molecule has 3 atom stereocenters. The monoisotopic (exact) mass is 394 g/mol. The molecule has 2 unspecified atom stereocenters. The lowest BCUT2D eigenvalue weighted by Crippen LogP contribution is -2.51. The first-order chi connectivity index (χ1) is 12.7. The highest BCUT2D eigenvalue weighted by molar-refractivity contribution is 7.10. The van der Waals surface area contributed by atoms with Gasteiger partial charge in [-0.25, -0.2) is 4.79 Å². The number of thiophene rings is 1. The van der Waals surface area contributed by atoms with E-state index in [1.54, 1.807) is 11.3 Å². The molecule has 0 aromatic carbocycles. The molecule has 27 heavy (non-hydrogen) atoms. The smallest absolute Gasteiger partial charge is 0.312 e. The number of nitrogens with one attached hydrogen (secondary N) is 3. The van der Waals surface area contributed by atoms with Gasteiger partial charge in [0.25, 0.3) is 5.91 Å². The third kappa shape index (κ3) is 5.69. The van der Waals surface area contributed by atoms with Gasteiger partial charge in [0, 0.05) is 23.3 Å². The van der Waals surface area contributed by atoms with Crippen LogP contribution in [0.25, 0.3) is 0 Å². The standard InChI is InChI=1S/C19H30N4O3S/c1-5-14-11(4)27-9-15(14)17(24)21-7-12-6-13(12)8-22-18(25)16(10(2)3)23-19(20)26/h9-10,12-13,16H,5-8H2,1-4H3,(H,21,24)(H,22,25)(H3,20,23,26)/t12?,13?,16-/m0/s1. The fourth-order valence-electron chi connectivity index (χ4n) is 3.27. The van der Waals surface area contributed by atoms with Crippen LogP contribution in [0.2, 0.25) is 0 Å². The van der Waals surface area contributed by atoms with Crippen molar-refractivity contribution < 1.29 is 14.4 Å². The molecule has 7 nitrogen and oxygen atoms in total. The topological polar surface area (TPSA) is 113 Å². The van der Waals surface area contributed by atoms with Gasteiger partial charge >= 0.3 is 6.03 Å². The molecule has 1 aliphatic rings. The molecule has 0 saturated heterocycles. The summed E-state index contributed by atoms with van der Waals surface area (Å²) in [5, 5.41) is 10.3. The van der Waals surface area contributed by atoms with Crippen molar-refractivity contribution in [1.82, 2.24) is 16.0 Å². The highest BCUT2D eigenvalue weighted by atomic mass is 32.1. The number of carbonyl (C=O) groups is 3. The highest BCUT2D eigenvalue weighted by Gasteiger charge is 2.37. The van der Waals surface area contributed by atoms with Crippen molar-refractivity contribution in [3.8, 4) is 0 Å². The van der Waals surface area contributed by atoms with E-state index in [1.807, 2.05) is 26.2 Å². The van der Waals surface area contributed by atoms with E-state index >= 15 is 0 Å². The van der Waals surface area contributed by atoms with Gasteiger partial charge in [0.15, 0.2) is 0 Å². The Hall–Kier alpha value is -2.09. The summed E-state index contributed by atoms with van der Waals surface area (Å²) < 4.78 is 0. The molecule has 1 aliphatic carbocycles. The fourth-order valence-corrected chi connectivity index (χ4v) is 4.21. The number of carbonyl (C=O) groups excluding carboxylic acids is 3. The van der Waals surface area contributed by atoms with Crippen molar-refractivity contribution in [3.63, 3.8) is 0 Å². The van der Waals surface area contributed by atoms with Crippen molar-refractivity contribution in [2.75, 3.05) is 13.1 Å². The number of hydrogen-bond acceptors (Lipinski definition) is 4. The van der Waals surface area contributed by atoms with Crippen molar-refractivity contribution in [1.29, 1.82) is 0 Å². The van der Waals surface area contributed by atoms with Crippen LogP contribution in [0.4, 0.5) is 4.79 Å². The normalized spacial score (nSPS) is 19.4. The second-order valence-electron chi connectivity index (χ2n) is 7.48. The van der Waals surface area contributed by atoms with E-state index in [9.17, 15) is 14.4 Å². The predicted octanol–water partition coefficient (Wildman–Crippen LogP) is 1.79. The molecule has 1 saturated carbocycles. The van der Waals surface area contributed by atoms with Crippen LogP contribution in [0.5, 0.6) is 0 Å². The van der Waals surface area contributed by atoms with E-state index in [1.165, 1.54) is 4.88 Å². The summed E-state index contributed by atoms with van der Waals surface area (Å²) >= 11 is 1.61. The van der Waals surface area contributed by atoms with Crippen LogP contribution in [0.1, 0.15) is 48.0 Å². The fraction of sp³-hybridized carbons (Fsp3) is 0.632. The number of nitrogens with two attached hydrogens (primary N) is 1. The Morgan fingerprint density at radius 2 is 1.85 bits per heavy atom. The van der Waals surface area contributed by atoms with E-state index in [0.29, 0.717) is 24.9 Å². The molecule has 150 valence electrons. The molecule has 0 radical (unpaired) electrons. The van der Waals surface area contributed by atoms with Crippen LogP contribution in [0, 0.1) is 24.7 Å². The third-order valence-corrected chi connectivity index (χ3v) is 6.03. The number of urea groups is 1. The first kappa shape index (κ1) is 21.2. The Balaban J connectivity index is 1.74. The quantitative estimate of drug-likeness (QED) is 0.512. The lowest BCUT2D eigenvalue weighted by Gasteiger charge is -2.20. The van der Waals surface area contributed by atoms with Crippen molar-refractivity contribution in [3.05, 3.63) is 21.4 Å². The average Bonchev–Trinajstić information content (AvgIpc) is 3.26. The molecular weight excluding hydrogens is 364 g/mol. The Bertz CT molecular complexity index is 701. The third-order valence-electron chi connectivity index (χ3n) is 5.08. The van der Waals surface area contributed by atoms with E-state index in [0.717, 1.165) is 24.0 Å². The van der Waals surface area contributed by atoms with Crippen LogP contribution in [-0.2, 0) is 11.2 Å². The molecule has 0 aliphatic heterocycles. The van der Waals surface area contributed by atoms with Gasteiger partial charge in [-0.1, -0.05) is 20.8 Å². The molecule has 1 aromatic heterocycles. The van der Waals surface area contributed by atoms with Crippen LogP contribution in [0.3, 0.4) is 0 Å². The lowest BCUT2D eigenvalue weighted by molar-refractivity contribution is -0.123. The number of primary amides is 1. The molecule has 1 heterocycles. The average molecular weight is 395 g/mol. The molecule has 1 fully saturated rings. The molecule has 1 aromatic rings. The molecule has 8 heteroatoms. The second kappa shape index (κ2) is 9.21. The van der Waals surface area contributed by atoms with Crippen molar-refractivity contribution in [2.45, 2.75) is 46.6 Å². The first-order valence-corrected chi connectivity index (χ1v) is 10.3. The van der Waals surface area contributed by atoms with Gasteiger partial charge in [0.1, 0.15) is 6.04 Å². The minimum absolute atomic E-state index is 0.0172. The van der Waals surface area contributed by atoms with Gasteiger partial charge in [-0.05, 0) is 43.1 Å². The SMILES string of the molecule is CCc1c(C(=O)NCC2CC2CNC(=O)[C@@H](NC(N)=O)C(C)C)csc1C. The molecule has 5 N–H and O–H groups in total. The maximum atomic E-state index is 12.4. The minimum Gasteiger partial charge on any atom is -0.354 e. The zero-order valence-corrected chi connectivity index (χ0v) is 17.2. The number of amides is 4. The minimum atomic E-state index is -0.703. The van der Waals surface area contributed by atoms with Crippen LogP contribution < -0.4 is 21.7 Å². The molecular formula is C19H30N4O3S. The predicted molar refractivity (Wildman–Crippen MR) is 107 cm³/mol. The van der Waals surface area contributed by atoms with Crippen LogP contribution in [-0.4, -0.2) is 37.0 Å². The molecule has 2 rings (SSSR count). The van der Waals surface area contributed by atoms with E-state index in [-0.39, 0.29) is 17.7 Å². The van der Waals surface area contributed by atoms with Gasteiger partial charge in [0.05, 0.1) is 5.56 Å². The van der Waals surface area contributed by atoms with Crippen LogP contribution in [0.15, 0.2) is 5.38 Å². The van der Waals surface area contributed by atoms with E-state index in [4.69, 9.17) is 5.73 Å². The van der Waals surface area contributed by atoms with Crippen LogP contribution >= 0.6 is 11.3 Å². The Kier molecular flexibility index (Phi) is 7.24. The van der Waals surface area contributed by atoms with Crippen molar-refractivity contribution >= 4 is 29.2 Å². The summed E-state index contributed by atoms with van der Waals surface area (Å²) in [7, 11) is 0. The van der Waals surface area contributed by atoms with Gasteiger partial charge in [-0.15, -0.1) is 11.3 Å². The summed E-state index contributed by atoms with van der Waals surface area (Å²) in [6.07, 6.45) is 1.83. The summed E-state index contributed by atoms with van der Waals surface area (Å²) in [6.45, 7) is 8.96. The Morgan fingerprint density at radius 3 is 2.41 bits per heavy atom. The highest BCUT2D eigenvalue weighted by Crippen LogP contribution is 2.37. The van der Waals surface area contributed by atoms with E-state index < -0.39 is 12.1 Å². The number of hydrogen-bond donors (Lipinski definition) is 4. The second-order valence-corrected chi connectivity index (χ2v) is 8.56. The zero-order valence-electron chi connectivity index (χ0n) is 16.4. The molecule has 4 amide bonds. The molecule has 0 spiro atoms. The maximum absolute atomic E-state index is 12.4. The Labute approximate surface area is 164 Å².